The van der Waals surface area contributed by atoms with Crippen molar-refractivity contribution in [2.24, 2.45) is 0 Å². The first-order valence-electron chi connectivity index (χ1n) is 7.05. The van der Waals surface area contributed by atoms with Crippen LogP contribution in [0.5, 0.6) is 0 Å². The fourth-order valence-corrected chi connectivity index (χ4v) is 3.41. The van der Waals surface area contributed by atoms with Crippen molar-refractivity contribution >= 4 is 55.9 Å². The van der Waals surface area contributed by atoms with Crippen LogP contribution in [0.25, 0.3) is 21.1 Å². The molecule has 8 heteroatoms. The third-order valence-corrected chi connectivity index (χ3v) is 4.70. The largest absolute Gasteiger partial charge is 0.350 e. The van der Waals surface area contributed by atoms with Gasteiger partial charge in [-0.15, -0.1) is 11.3 Å². The lowest BCUT2D eigenvalue weighted by Gasteiger charge is -2.04. The zero-order valence-corrected chi connectivity index (χ0v) is 13.7. The van der Waals surface area contributed by atoms with Gasteiger partial charge in [-0.25, -0.2) is 0 Å². The van der Waals surface area contributed by atoms with Gasteiger partial charge in [0, 0.05) is 15.9 Å². The van der Waals surface area contributed by atoms with E-state index in [-0.39, 0.29) is 0 Å². The monoisotopic (exact) mass is 358 g/mol. The molecule has 4 rings (SSSR count). The molecule has 3 aromatic heterocycles. The normalized spacial score (nSPS) is 11.0. The fourth-order valence-electron chi connectivity index (χ4n) is 2.44. The molecular formula is C16H11ClN4O2S. The number of benzene rings is 1. The summed E-state index contributed by atoms with van der Waals surface area (Å²) in [4.78, 5) is 30.2. The molecule has 0 aliphatic rings. The number of fused-ring (bicyclic) bond motifs is 2. The van der Waals surface area contributed by atoms with Crippen LogP contribution in [-0.2, 0) is 0 Å². The second-order valence-corrected chi connectivity index (χ2v) is 6.59. The summed E-state index contributed by atoms with van der Waals surface area (Å²) < 4.78 is 0.985. The van der Waals surface area contributed by atoms with Crippen molar-refractivity contribution in [3.05, 3.63) is 58.2 Å². The predicted octanol–water partition coefficient (Wildman–Crippen LogP) is 3.44. The van der Waals surface area contributed by atoms with Crippen LogP contribution in [0.1, 0.15) is 21.0 Å². The Bertz CT molecular complexity index is 1050. The average molecular weight is 359 g/mol. The summed E-state index contributed by atoms with van der Waals surface area (Å²) in [5, 5.41) is 3.35. The Morgan fingerprint density at radius 1 is 0.917 bits per heavy atom. The summed E-state index contributed by atoms with van der Waals surface area (Å²) in [5.74, 6) is -0.852. The Morgan fingerprint density at radius 3 is 2.38 bits per heavy atom. The molecule has 0 spiro atoms. The number of H-pyrrole nitrogens is 2. The number of amides is 2. The highest BCUT2D eigenvalue weighted by Gasteiger charge is 2.13. The van der Waals surface area contributed by atoms with Crippen molar-refractivity contribution in [2.75, 3.05) is 0 Å². The Kier molecular flexibility index (Phi) is 3.51. The van der Waals surface area contributed by atoms with Gasteiger partial charge in [-0.05, 0) is 41.8 Å². The predicted molar refractivity (Wildman–Crippen MR) is 94.4 cm³/mol. The SMILES string of the molecule is O=C(NNC(=O)c1cc2sccc2[nH]1)c1cc2cc(Cl)ccc2[nH]1. The Morgan fingerprint density at radius 2 is 1.62 bits per heavy atom. The van der Waals surface area contributed by atoms with Crippen LogP contribution < -0.4 is 10.9 Å². The van der Waals surface area contributed by atoms with Crippen LogP contribution in [0, 0.1) is 0 Å². The van der Waals surface area contributed by atoms with E-state index in [4.69, 9.17) is 11.6 Å². The molecule has 3 heterocycles. The molecule has 0 aliphatic carbocycles. The first kappa shape index (κ1) is 14.8. The maximum atomic E-state index is 12.2. The third-order valence-electron chi connectivity index (χ3n) is 3.60. The quantitative estimate of drug-likeness (QED) is 0.413. The molecule has 4 N–H and O–H groups in total. The Hall–Kier alpha value is -2.77. The topological polar surface area (TPSA) is 89.8 Å². The van der Waals surface area contributed by atoms with Crippen molar-refractivity contribution in [1.29, 1.82) is 0 Å². The van der Waals surface area contributed by atoms with Gasteiger partial charge in [0.05, 0.1) is 10.2 Å². The number of carbonyl (C=O) groups is 2. The molecule has 2 amide bonds. The van der Waals surface area contributed by atoms with E-state index in [9.17, 15) is 9.59 Å². The van der Waals surface area contributed by atoms with Crippen molar-refractivity contribution in [1.82, 2.24) is 20.8 Å². The Balaban J connectivity index is 1.46. The van der Waals surface area contributed by atoms with E-state index in [1.807, 2.05) is 11.4 Å². The lowest BCUT2D eigenvalue weighted by Crippen LogP contribution is -2.41. The van der Waals surface area contributed by atoms with Gasteiger partial charge in [-0.2, -0.15) is 0 Å². The number of halogens is 1. The van der Waals surface area contributed by atoms with Crippen molar-refractivity contribution < 1.29 is 9.59 Å². The molecule has 0 atom stereocenters. The number of nitrogens with one attached hydrogen (secondary N) is 4. The number of rotatable bonds is 2. The third kappa shape index (κ3) is 2.64. The molecule has 4 aromatic rings. The van der Waals surface area contributed by atoms with Gasteiger partial charge in [-0.3, -0.25) is 20.4 Å². The number of aromatic nitrogens is 2. The minimum absolute atomic E-state index is 0.333. The van der Waals surface area contributed by atoms with E-state index in [1.54, 1.807) is 30.3 Å². The first-order chi connectivity index (χ1) is 11.6. The number of hydrazine groups is 1. The van der Waals surface area contributed by atoms with Crippen LogP contribution in [-0.4, -0.2) is 21.8 Å². The highest BCUT2D eigenvalue weighted by atomic mass is 35.5. The maximum Gasteiger partial charge on any atom is 0.286 e. The van der Waals surface area contributed by atoms with Crippen molar-refractivity contribution in [3.8, 4) is 0 Å². The molecule has 0 saturated carbocycles. The zero-order valence-electron chi connectivity index (χ0n) is 12.1. The van der Waals surface area contributed by atoms with Crippen LogP contribution in [0.4, 0.5) is 0 Å². The first-order valence-corrected chi connectivity index (χ1v) is 8.31. The van der Waals surface area contributed by atoms with Gasteiger partial charge in [0.25, 0.3) is 11.8 Å². The lowest BCUT2D eigenvalue weighted by atomic mass is 10.2. The number of thiophene rings is 1. The van der Waals surface area contributed by atoms with Gasteiger partial charge in [-0.1, -0.05) is 11.6 Å². The van der Waals surface area contributed by atoms with Crippen molar-refractivity contribution in [2.45, 2.75) is 0 Å². The number of hydrogen-bond donors (Lipinski definition) is 4. The molecule has 0 saturated heterocycles. The summed E-state index contributed by atoms with van der Waals surface area (Å²) >= 11 is 7.46. The maximum absolute atomic E-state index is 12.2. The van der Waals surface area contributed by atoms with Gasteiger partial charge < -0.3 is 9.97 Å². The van der Waals surface area contributed by atoms with Crippen LogP contribution >= 0.6 is 22.9 Å². The standard InChI is InChI=1S/C16H11ClN4O2S/c17-9-1-2-10-8(5-9)6-12(18-10)15(22)20-21-16(23)13-7-14-11(19-13)3-4-24-14/h1-7,18-19H,(H,20,22)(H,21,23). The Labute approximate surface area is 144 Å². The number of carbonyl (C=O) groups excluding carboxylic acids is 2. The second kappa shape index (κ2) is 5.70. The molecule has 6 nitrogen and oxygen atoms in total. The molecule has 24 heavy (non-hydrogen) atoms. The van der Waals surface area contributed by atoms with Gasteiger partial charge in [0.1, 0.15) is 11.4 Å². The van der Waals surface area contributed by atoms with Crippen LogP contribution in [0.15, 0.2) is 41.8 Å². The highest BCUT2D eigenvalue weighted by molar-refractivity contribution is 7.17. The zero-order chi connectivity index (χ0) is 16.7. The second-order valence-electron chi connectivity index (χ2n) is 5.20. The molecule has 0 fully saturated rings. The highest BCUT2D eigenvalue weighted by Crippen LogP contribution is 2.21. The molecule has 0 aliphatic heterocycles. The minimum Gasteiger partial charge on any atom is -0.350 e. The molecule has 1 aromatic carbocycles. The lowest BCUT2D eigenvalue weighted by molar-refractivity contribution is 0.0842. The molecular weight excluding hydrogens is 348 g/mol. The van der Waals surface area contributed by atoms with E-state index in [1.165, 1.54) is 11.3 Å². The van der Waals surface area contributed by atoms with Gasteiger partial charge in [0.15, 0.2) is 0 Å². The number of hydrogen-bond acceptors (Lipinski definition) is 3. The minimum atomic E-state index is -0.441. The summed E-state index contributed by atoms with van der Waals surface area (Å²) in [7, 11) is 0. The average Bonchev–Trinajstić information content (AvgIpc) is 3.24. The smallest absolute Gasteiger partial charge is 0.286 e. The summed E-state index contributed by atoms with van der Waals surface area (Å²) in [5.41, 5.74) is 7.19. The molecule has 0 radical (unpaired) electrons. The van der Waals surface area contributed by atoms with E-state index in [0.29, 0.717) is 16.4 Å². The molecule has 0 bridgehead atoms. The van der Waals surface area contributed by atoms with Crippen LogP contribution in [0.3, 0.4) is 0 Å². The number of aromatic amines is 2. The fraction of sp³-hybridized carbons (Fsp3) is 0. The van der Waals surface area contributed by atoms with E-state index in [2.05, 4.69) is 20.8 Å². The van der Waals surface area contributed by atoms with E-state index >= 15 is 0 Å². The van der Waals surface area contributed by atoms with Gasteiger partial charge in [0.2, 0.25) is 0 Å². The molecule has 120 valence electrons. The van der Waals surface area contributed by atoms with Crippen LogP contribution in [0.2, 0.25) is 5.02 Å². The van der Waals surface area contributed by atoms with Crippen molar-refractivity contribution in [3.63, 3.8) is 0 Å². The van der Waals surface area contributed by atoms with E-state index in [0.717, 1.165) is 21.1 Å². The summed E-state index contributed by atoms with van der Waals surface area (Å²) in [6, 6.07) is 10.6. The summed E-state index contributed by atoms with van der Waals surface area (Å²) in [6.07, 6.45) is 0. The summed E-state index contributed by atoms with van der Waals surface area (Å²) in [6.45, 7) is 0. The molecule has 0 unspecified atom stereocenters. The van der Waals surface area contributed by atoms with Gasteiger partial charge >= 0.3 is 0 Å². The van der Waals surface area contributed by atoms with E-state index < -0.39 is 11.8 Å².